The van der Waals surface area contributed by atoms with Crippen LogP contribution in [0.15, 0.2) is 24.3 Å². The van der Waals surface area contributed by atoms with E-state index < -0.39 is 0 Å². The number of fused-ring (bicyclic) bond motifs is 1. The van der Waals surface area contributed by atoms with Gasteiger partial charge in [0.2, 0.25) is 0 Å². The molecule has 0 saturated heterocycles. The number of aliphatic hydroxyl groups excluding tert-OH is 1. The van der Waals surface area contributed by atoms with Gasteiger partial charge in [-0.05, 0) is 25.0 Å². The third-order valence-corrected chi connectivity index (χ3v) is 3.05. The molecule has 0 bridgehead atoms. The minimum absolute atomic E-state index is 0.264. The van der Waals surface area contributed by atoms with E-state index in [4.69, 9.17) is 5.11 Å². The first-order valence-electron chi connectivity index (χ1n) is 5.98. The minimum Gasteiger partial charge on any atom is -0.396 e. The Morgan fingerprint density at radius 2 is 2.25 bits per heavy atom. The van der Waals surface area contributed by atoms with Gasteiger partial charge < -0.3 is 15.3 Å². The van der Waals surface area contributed by atoms with Crippen molar-refractivity contribution in [3.8, 4) is 0 Å². The number of hydrogen-bond acceptors (Lipinski definition) is 3. The first-order valence-corrected chi connectivity index (χ1v) is 5.98. The summed E-state index contributed by atoms with van der Waals surface area (Å²) in [5, 5.41) is 12.4. The summed E-state index contributed by atoms with van der Waals surface area (Å²) in [5.74, 6) is 0. The van der Waals surface area contributed by atoms with Crippen LogP contribution in [0, 0.1) is 0 Å². The van der Waals surface area contributed by atoms with E-state index in [1.165, 1.54) is 11.3 Å². The van der Waals surface area contributed by atoms with Gasteiger partial charge in [0.15, 0.2) is 0 Å². The molecule has 1 unspecified atom stereocenters. The molecular weight excluding hydrogens is 200 g/mol. The predicted molar refractivity (Wildman–Crippen MR) is 66.7 cm³/mol. The molecule has 1 aromatic rings. The normalized spacial score (nSPS) is 20.4. The monoisotopic (exact) mass is 220 g/mol. The van der Waals surface area contributed by atoms with Crippen LogP contribution in [0.1, 0.15) is 18.9 Å². The first-order chi connectivity index (χ1) is 7.81. The van der Waals surface area contributed by atoms with Crippen LogP contribution in [0.3, 0.4) is 0 Å². The highest BCUT2D eigenvalue weighted by molar-refractivity contribution is 5.54. The number of anilines is 1. The molecule has 0 radical (unpaired) electrons. The summed E-state index contributed by atoms with van der Waals surface area (Å²) in [4.78, 5) is 2.37. The summed E-state index contributed by atoms with van der Waals surface area (Å²) >= 11 is 0. The van der Waals surface area contributed by atoms with Crippen molar-refractivity contribution in [2.45, 2.75) is 25.9 Å². The molecule has 0 aliphatic carbocycles. The van der Waals surface area contributed by atoms with Crippen LogP contribution in [0.25, 0.3) is 0 Å². The third kappa shape index (κ3) is 2.54. The Morgan fingerprint density at radius 1 is 1.44 bits per heavy atom. The van der Waals surface area contributed by atoms with Gasteiger partial charge in [-0.15, -0.1) is 0 Å². The second-order valence-corrected chi connectivity index (χ2v) is 4.43. The summed E-state index contributed by atoms with van der Waals surface area (Å²) in [7, 11) is 0. The number of aliphatic hydroxyl groups is 1. The number of benzene rings is 1. The Morgan fingerprint density at radius 3 is 3.06 bits per heavy atom. The van der Waals surface area contributed by atoms with Crippen molar-refractivity contribution in [1.82, 2.24) is 5.32 Å². The number of hydrogen-bond donors (Lipinski definition) is 2. The van der Waals surface area contributed by atoms with Crippen LogP contribution in [0.2, 0.25) is 0 Å². The Labute approximate surface area is 97.1 Å². The second kappa shape index (κ2) is 5.32. The van der Waals surface area contributed by atoms with E-state index in [0.717, 1.165) is 26.1 Å². The lowest BCUT2D eigenvalue weighted by molar-refractivity contribution is 0.289. The third-order valence-electron chi connectivity index (χ3n) is 3.05. The zero-order valence-electron chi connectivity index (χ0n) is 9.82. The second-order valence-electron chi connectivity index (χ2n) is 4.43. The topological polar surface area (TPSA) is 35.5 Å². The lowest BCUT2D eigenvalue weighted by Crippen LogP contribution is -2.36. The minimum atomic E-state index is 0.264. The quantitative estimate of drug-likeness (QED) is 0.807. The molecule has 1 aliphatic rings. The van der Waals surface area contributed by atoms with E-state index in [1.807, 2.05) is 0 Å². The zero-order valence-corrected chi connectivity index (χ0v) is 9.82. The fourth-order valence-corrected chi connectivity index (χ4v) is 2.22. The van der Waals surface area contributed by atoms with Gasteiger partial charge in [0.25, 0.3) is 0 Å². The average molecular weight is 220 g/mol. The molecule has 2 rings (SSSR count). The molecule has 0 amide bonds. The van der Waals surface area contributed by atoms with Gasteiger partial charge in [-0.25, -0.2) is 0 Å². The Bertz CT molecular complexity index is 340. The van der Waals surface area contributed by atoms with E-state index in [2.05, 4.69) is 41.4 Å². The van der Waals surface area contributed by atoms with Crippen molar-refractivity contribution in [3.63, 3.8) is 0 Å². The molecule has 3 heteroatoms. The molecule has 3 nitrogen and oxygen atoms in total. The highest BCUT2D eigenvalue weighted by atomic mass is 16.3. The largest absolute Gasteiger partial charge is 0.396 e. The number of nitrogens with zero attached hydrogens (tertiary/aromatic N) is 1. The van der Waals surface area contributed by atoms with Gasteiger partial charge in [0.05, 0.1) is 0 Å². The average Bonchev–Trinajstić information content (AvgIpc) is 2.47. The number of nitrogens with one attached hydrogen (secondary N) is 1. The Hall–Kier alpha value is -1.06. The lowest BCUT2D eigenvalue weighted by atomic mass is 10.1. The fourth-order valence-electron chi connectivity index (χ4n) is 2.22. The summed E-state index contributed by atoms with van der Waals surface area (Å²) < 4.78 is 0. The molecule has 1 aromatic carbocycles. The standard InChI is InChI=1S/C13H20N2O/c1-11-10-15(7-4-8-16)13-6-3-2-5-12(13)9-14-11/h2-3,5-6,11,14,16H,4,7-10H2,1H3. The molecular formula is C13H20N2O. The van der Waals surface area contributed by atoms with Crippen LogP contribution >= 0.6 is 0 Å². The smallest absolute Gasteiger partial charge is 0.0447 e. The van der Waals surface area contributed by atoms with E-state index in [-0.39, 0.29) is 6.61 Å². The highest BCUT2D eigenvalue weighted by Crippen LogP contribution is 2.23. The van der Waals surface area contributed by atoms with Gasteiger partial charge in [0.1, 0.15) is 0 Å². The van der Waals surface area contributed by atoms with Crippen molar-refractivity contribution in [2.75, 3.05) is 24.6 Å². The summed E-state index contributed by atoms with van der Waals surface area (Å²) in [5.41, 5.74) is 2.66. The first kappa shape index (κ1) is 11.4. The predicted octanol–water partition coefficient (Wildman–Crippen LogP) is 1.37. The summed E-state index contributed by atoms with van der Waals surface area (Å²) in [6.07, 6.45) is 0.834. The van der Waals surface area contributed by atoms with Crippen LogP contribution in [0.5, 0.6) is 0 Å². The molecule has 0 saturated carbocycles. The molecule has 1 aliphatic heterocycles. The zero-order chi connectivity index (χ0) is 11.4. The fraction of sp³-hybridized carbons (Fsp3) is 0.538. The van der Waals surface area contributed by atoms with Crippen molar-refractivity contribution in [1.29, 1.82) is 0 Å². The van der Waals surface area contributed by atoms with Crippen molar-refractivity contribution in [3.05, 3.63) is 29.8 Å². The maximum atomic E-state index is 8.94. The van der Waals surface area contributed by atoms with Crippen LogP contribution < -0.4 is 10.2 Å². The Balaban J connectivity index is 2.20. The van der Waals surface area contributed by atoms with Gasteiger partial charge >= 0.3 is 0 Å². The van der Waals surface area contributed by atoms with Gasteiger partial charge in [0, 0.05) is 38.0 Å². The van der Waals surface area contributed by atoms with Crippen LogP contribution in [-0.4, -0.2) is 30.8 Å². The van der Waals surface area contributed by atoms with Gasteiger partial charge in [-0.1, -0.05) is 18.2 Å². The molecule has 1 atom stereocenters. The molecule has 1 heterocycles. The summed E-state index contributed by atoms with van der Waals surface area (Å²) in [6.45, 7) is 5.35. The van der Waals surface area contributed by atoms with Gasteiger partial charge in [-0.2, -0.15) is 0 Å². The van der Waals surface area contributed by atoms with E-state index in [1.54, 1.807) is 0 Å². The van der Waals surface area contributed by atoms with E-state index in [0.29, 0.717) is 6.04 Å². The molecule has 16 heavy (non-hydrogen) atoms. The highest BCUT2D eigenvalue weighted by Gasteiger charge is 2.17. The molecule has 0 aromatic heterocycles. The molecule has 88 valence electrons. The number of rotatable bonds is 3. The maximum Gasteiger partial charge on any atom is 0.0447 e. The maximum absolute atomic E-state index is 8.94. The van der Waals surface area contributed by atoms with Gasteiger partial charge in [-0.3, -0.25) is 0 Å². The van der Waals surface area contributed by atoms with Crippen molar-refractivity contribution < 1.29 is 5.11 Å². The van der Waals surface area contributed by atoms with E-state index >= 15 is 0 Å². The van der Waals surface area contributed by atoms with Crippen molar-refractivity contribution in [2.24, 2.45) is 0 Å². The van der Waals surface area contributed by atoms with Crippen LogP contribution in [0.4, 0.5) is 5.69 Å². The van der Waals surface area contributed by atoms with Crippen LogP contribution in [-0.2, 0) is 6.54 Å². The number of para-hydroxylation sites is 1. The summed E-state index contributed by atoms with van der Waals surface area (Å²) in [6, 6.07) is 9.01. The van der Waals surface area contributed by atoms with Crippen molar-refractivity contribution >= 4 is 5.69 Å². The molecule has 0 spiro atoms. The lowest BCUT2D eigenvalue weighted by Gasteiger charge is -2.26. The van der Waals surface area contributed by atoms with E-state index in [9.17, 15) is 0 Å². The SMILES string of the molecule is CC1CN(CCCO)c2ccccc2CN1. The molecule has 2 N–H and O–H groups in total. The molecule has 0 fully saturated rings. The Kier molecular flexibility index (Phi) is 3.80.